The van der Waals surface area contributed by atoms with Crippen molar-refractivity contribution in [1.82, 2.24) is 5.32 Å². The molecule has 0 aliphatic carbocycles. The zero-order valence-corrected chi connectivity index (χ0v) is 19.6. The molecule has 1 N–H and O–H groups in total. The fraction of sp³-hybridized carbons (Fsp3) is 0.174. The molecule has 0 unspecified atom stereocenters. The average molecular weight is 493 g/mol. The van der Waals surface area contributed by atoms with Crippen LogP contribution in [-0.2, 0) is 14.8 Å². The second-order valence-electron chi connectivity index (χ2n) is 6.89. The number of aryl methyl sites for hydroxylation is 1. The fourth-order valence-corrected chi connectivity index (χ4v) is 4.67. The lowest BCUT2D eigenvalue weighted by Crippen LogP contribution is -2.42. The van der Waals surface area contributed by atoms with Crippen LogP contribution in [0.25, 0.3) is 0 Å². The van der Waals surface area contributed by atoms with Crippen LogP contribution < -0.4 is 14.4 Å². The van der Waals surface area contributed by atoms with Gasteiger partial charge in [-0.3, -0.25) is 9.10 Å². The standard InChI is InChI=1S/C23H22Cl2N2O4S/c1-17-11-12-18(15-21(17)25)27(32(29,30)19-7-3-2-4-8-19)16-23(28)26-13-14-31-22-10-6-5-9-20(22)24/h2-12,15H,13-14,16H2,1H3,(H,26,28). The van der Waals surface area contributed by atoms with Crippen molar-refractivity contribution in [3.8, 4) is 5.75 Å². The Balaban J connectivity index is 1.73. The number of rotatable bonds is 9. The molecule has 0 aliphatic heterocycles. The van der Waals surface area contributed by atoms with Crippen LogP contribution >= 0.6 is 23.2 Å². The number of carbonyl (C=O) groups excluding carboxylic acids is 1. The molecule has 0 aromatic heterocycles. The molecule has 0 saturated heterocycles. The number of ether oxygens (including phenoxy) is 1. The molecule has 0 saturated carbocycles. The van der Waals surface area contributed by atoms with E-state index in [9.17, 15) is 13.2 Å². The third-order valence-electron chi connectivity index (χ3n) is 4.58. The Labute approximate surface area is 197 Å². The molecular formula is C23H22Cl2N2O4S. The fourth-order valence-electron chi connectivity index (χ4n) is 2.87. The predicted octanol–water partition coefficient (Wildman–Crippen LogP) is 4.69. The summed E-state index contributed by atoms with van der Waals surface area (Å²) in [5.41, 5.74) is 1.10. The molecule has 3 rings (SSSR count). The summed E-state index contributed by atoms with van der Waals surface area (Å²) in [6, 6.07) is 19.8. The highest BCUT2D eigenvalue weighted by atomic mass is 35.5. The molecule has 6 nitrogen and oxygen atoms in total. The summed E-state index contributed by atoms with van der Waals surface area (Å²) in [5, 5.41) is 3.55. The molecule has 0 radical (unpaired) electrons. The Morgan fingerprint density at radius 3 is 2.34 bits per heavy atom. The van der Waals surface area contributed by atoms with E-state index in [-0.39, 0.29) is 18.0 Å². The highest BCUT2D eigenvalue weighted by Crippen LogP contribution is 2.28. The number of halogens is 2. The molecule has 3 aromatic rings. The van der Waals surface area contributed by atoms with Gasteiger partial charge in [0.1, 0.15) is 18.9 Å². The lowest BCUT2D eigenvalue weighted by Gasteiger charge is -2.24. The van der Waals surface area contributed by atoms with E-state index in [0.29, 0.717) is 21.5 Å². The SMILES string of the molecule is Cc1ccc(N(CC(=O)NCCOc2ccccc2Cl)S(=O)(=O)c2ccccc2)cc1Cl. The number of amides is 1. The van der Waals surface area contributed by atoms with Crippen LogP contribution in [0.15, 0.2) is 77.7 Å². The summed E-state index contributed by atoms with van der Waals surface area (Å²) in [4.78, 5) is 12.7. The second-order valence-corrected chi connectivity index (χ2v) is 9.56. The van der Waals surface area contributed by atoms with E-state index in [1.807, 2.05) is 6.92 Å². The topological polar surface area (TPSA) is 75.7 Å². The van der Waals surface area contributed by atoms with Gasteiger partial charge >= 0.3 is 0 Å². The van der Waals surface area contributed by atoms with Gasteiger partial charge in [-0.25, -0.2) is 8.42 Å². The summed E-state index contributed by atoms with van der Waals surface area (Å²) in [6.07, 6.45) is 0. The third kappa shape index (κ3) is 5.94. The van der Waals surface area contributed by atoms with Crippen LogP contribution in [0, 0.1) is 6.92 Å². The Kier molecular flexibility index (Phi) is 8.01. The number of sulfonamides is 1. The van der Waals surface area contributed by atoms with E-state index in [1.165, 1.54) is 18.2 Å². The molecule has 1 amide bonds. The van der Waals surface area contributed by atoms with Gasteiger partial charge in [0.25, 0.3) is 10.0 Å². The molecule has 168 valence electrons. The smallest absolute Gasteiger partial charge is 0.264 e. The van der Waals surface area contributed by atoms with Gasteiger partial charge < -0.3 is 10.1 Å². The van der Waals surface area contributed by atoms with Crippen molar-refractivity contribution in [2.45, 2.75) is 11.8 Å². The van der Waals surface area contributed by atoms with E-state index in [0.717, 1.165) is 9.87 Å². The summed E-state index contributed by atoms with van der Waals surface area (Å²) < 4.78 is 33.1. The maximum atomic E-state index is 13.3. The lowest BCUT2D eigenvalue weighted by atomic mass is 10.2. The molecule has 0 heterocycles. The predicted molar refractivity (Wildman–Crippen MR) is 127 cm³/mol. The van der Waals surface area contributed by atoms with Crippen LogP contribution in [0.2, 0.25) is 10.0 Å². The van der Waals surface area contributed by atoms with E-state index < -0.39 is 22.5 Å². The molecule has 0 atom stereocenters. The highest BCUT2D eigenvalue weighted by molar-refractivity contribution is 7.92. The van der Waals surface area contributed by atoms with Crippen molar-refractivity contribution in [3.63, 3.8) is 0 Å². The van der Waals surface area contributed by atoms with Crippen molar-refractivity contribution >= 4 is 44.8 Å². The van der Waals surface area contributed by atoms with Gasteiger partial charge in [0, 0.05) is 5.02 Å². The molecular weight excluding hydrogens is 471 g/mol. The number of carbonyl (C=O) groups is 1. The molecule has 0 bridgehead atoms. The maximum Gasteiger partial charge on any atom is 0.264 e. The summed E-state index contributed by atoms with van der Waals surface area (Å²) in [7, 11) is -3.99. The summed E-state index contributed by atoms with van der Waals surface area (Å²) in [5.74, 6) is 0.0231. The third-order valence-corrected chi connectivity index (χ3v) is 7.09. The first-order valence-electron chi connectivity index (χ1n) is 9.77. The van der Waals surface area contributed by atoms with Crippen molar-refractivity contribution in [1.29, 1.82) is 0 Å². The quantitative estimate of drug-likeness (QED) is 0.439. The van der Waals surface area contributed by atoms with Gasteiger partial charge in [-0.15, -0.1) is 0 Å². The van der Waals surface area contributed by atoms with Crippen molar-refractivity contribution < 1.29 is 17.9 Å². The molecule has 9 heteroatoms. The van der Waals surface area contributed by atoms with E-state index in [2.05, 4.69) is 5.32 Å². The molecule has 32 heavy (non-hydrogen) atoms. The van der Waals surface area contributed by atoms with Crippen molar-refractivity contribution in [2.24, 2.45) is 0 Å². The number of benzene rings is 3. The summed E-state index contributed by atoms with van der Waals surface area (Å²) in [6.45, 7) is 1.76. The van der Waals surface area contributed by atoms with Gasteiger partial charge in [-0.1, -0.05) is 59.6 Å². The number of para-hydroxylation sites is 1. The van der Waals surface area contributed by atoms with Gasteiger partial charge in [-0.2, -0.15) is 0 Å². The number of nitrogens with one attached hydrogen (secondary N) is 1. The van der Waals surface area contributed by atoms with E-state index >= 15 is 0 Å². The zero-order valence-electron chi connectivity index (χ0n) is 17.3. The van der Waals surface area contributed by atoms with Gasteiger partial charge in [0.2, 0.25) is 5.91 Å². The Bertz CT molecular complexity index is 1190. The zero-order chi connectivity index (χ0) is 23.1. The number of hydrogen-bond acceptors (Lipinski definition) is 4. The minimum Gasteiger partial charge on any atom is -0.490 e. The Morgan fingerprint density at radius 1 is 0.969 bits per heavy atom. The monoisotopic (exact) mass is 492 g/mol. The lowest BCUT2D eigenvalue weighted by molar-refractivity contribution is -0.119. The van der Waals surface area contributed by atoms with Crippen LogP contribution in [0.5, 0.6) is 5.75 Å². The minimum atomic E-state index is -3.99. The normalized spacial score (nSPS) is 11.1. The minimum absolute atomic E-state index is 0.0755. The molecule has 0 spiro atoms. The molecule has 0 aliphatic rings. The first-order chi connectivity index (χ1) is 15.3. The Hall–Kier alpha value is -2.74. The van der Waals surface area contributed by atoms with Gasteiger partial charge in [0.05, 0.1) is 22.2 Å². The molecule has 0 fully saturated rings. The number of nitrogens with zero attached hydrogens (tertiary/aromatic N) is 1. The first kappa shape index (κ1) is 23.9. The average Bonchev–Trinajstić information content (AvgIpc) is 2.78. The van der Waals surface area contributed by atoms with Gasteiger partial charge in [0.15, 0.2) is 0 Å². The van der Waals surface area contributed by atoms with E-state index in [4.69, 9.17) is 27.9 Å². The van der Waals surface area contributed by atoms with Crippen LogP contribution in [0.3, 0.4) is 0 Å². The van der Waals surface area contributed by atoms with Crippen molar-refractivity contribution in [2.75, 3.05) is 24.0 Å². The number of anilines is 1. The number of hydrogen-bond donors (Lipinski definition) is 1. The van der Waals surface area contributed by atoms with Crippen LogP contribution in [0.1, 0.15) is 5.56 Å². The molecule has 3 aromatic carbocycles. The van der Waals surface area contributed by atoms with E-state index in [1.54, 1.807) is 54.6 Å². The van der Waals surface area contributed by atoms with Crippen LogP contribution in [0.4, 0.5) is 5.69 Å². The van der Waals surface area contributed by atoms with Crippen LogP contribution in [-0.4, -0.2) is 34.0 Å². The largest absolute Gasteiger partial charge is 0.490 e. The Morgan fingerprint density at radius 2 is 1.66 bits per heavy atom. The second kappa shape index (κ2) is 10.7. The summed E-state index contributed by atoms with van der Waals surface area (Å²) >= 11 is 12.3. The maximum absolute atomic E-state index is 13.3. The van der Waals surface area contributed by atoms with Gasteiger partial charge in [-0.05, 0) is 48.9 Å². The highest BCUT2D eigenvalue weighted by Gasteiger charge is 2.27. The van der Waals surface area contributed by atoms with Crippen molar-refractivity contribution in [3.05, 3.63) is 88.4 Å². The first-order valence-corrected chi connectivity index (χ1v) is 12.0.